The molecule has 3 aromatic rings. The molecule has 2 aromatic carbocycles. The molecule has 3 rings (SSSR count). The number of hydrogen-bond acceptors (Lipinski definition) is 2. The fourth-order valence-electron chi connectivity index (χ4n) is 3.27. The van der Waals surface area contributed by atoms with Crippen molar-refractivity contribution >= 4 is 46.2 Å². The van der Waals surface area contributed by atoms with Gasteiger partial charge in [0.2, 0.25) is 0 Å². The molecule has 1 heterocycles. The molecule has 1 unspecified atom stereocenters. The average molecular weight is 540 g/mol. The van der Waals surface area contributed by atoms with Gasteiger partial charge < -0.3 is 0 Å². The van der Waals surface area contributed by atoms with E-state index in [1.807, 2.05) is 12.3 Å². The Balaban J connectivity index is 0.00000166. The Morgan fingerprint density at radius 1 is 1.00 bits per heavy atom. The molecule has 1 aromatic heterocycles. The van der Waals surface area contributed by atoms with Gasteiger partial charge in [-0.25, -0.2) is 0 Å². The molecule has 2 nitrogen and oxygen atoms in total. The second-order valence-corrected chi connectivity index (χ2v) is 10.1. The predicted octanol–water partition coefficient (Wildman–Crippen LogP) is 8.49. The number of rotatable bonds is 9. The van der Waals surface area contributed by atoms with E-state index in [1.165, 1.54) is 46.8 Å². The highest BCUT2D eigenvalue weighted by molar-refractivity contribution is 14.2. The fourth-order valence-corrected chi connectivity index (χ4v) is 4.72. The summed E-state index contributed by atoms with van der Waals surface area (Å²) < 4.78 is 0. The smallest absolute Gasteiger partial charge is 0.0728 e. The normalized spacial score (nSPS) is 11.2. The maximum atomic E-state index is 4.21. The van der Waals surface area contributed by atoms with E-state index in [9.17, 15) is 0 Å². The summed E-state index contributed by atoms with van der Waals surface area (Å²) >= 11 is 2.48. The molecule has 0 spiro atoms. The Kier molecular flexibility index (Phi) is 11.4. The van der Waals surface area contributed by atoms with E-state index in [0.717, 1.165) is 23.9 Å². The summed E-state index contributed by atoms with van der Waals surface area (Å²) in [6.45, 7) is 11.7. The minimum Gasteiger partial charge on any atom is -0.264 e. The van der Waals surface area contributed by atoms with E-state index < -0.39 is 0 Å². The van der Waals surface area contributed by atoms with Gasteiger partial charge in [-0.3, -0.25) is 9.98 Å². The van der Waals surface area contributed by atoms with E-state index in [0.29, 0.717) is 0 Å². The Hall–Kier alpha value is -2.10. The first-order chi connectivity index (χ1) is 15.2. The van der Waals surface area contributed by atoms with Crippen molar-refractivity contribution in [2.75, 3.05) is 6.16 Å². The van der Waals surface area contributed by atoms with Gasteiger partial charge in [-0.2, -0.15) is 0 Å². The molecule has 4 heteroatoms. The number of aliphatic imine (C=N–C) groups is 1. The predicted molar refractivity (Wildman–Crippen MR) is 149 cm³/mol. The van der Waals surface area contributed by atoms with Gasteiger partial charge in [0.15, 0.2) is 0 Å². The standard InChI is InChI=1S/C25H26IN2P.C2H4/c1-19(24-18-28-16-15-25(24)27-2)5-6-21-9-13-23(14-10-21)22-11-7-20(8-12-22)4-3-17-29-26;1-2/h5,7-16,18,29H,2-4,6,17H2,1H3;1-2H2/b19-5-;. The van der Waals surface area contributed by atoms with E-state index in [4.69, 9.17) is 0 Å². The van der Waals surface area contributed by atoms with E-state index in [1.54, 1.807) is 6.20 Å². The van der Waals surface area contributed by atoms with Crippen LogP contribution in [0, 0.1) is 0 Å². The highest BCUT2D eigenvalue weighted by atomic mass is 127. The van der Waals surface area contributed by atoms with Gasteiger partial charge in [-0.15, -0.1) is 13.2 Å². The maximum Gasteiger partial charge on any atom is 0.0728 e. The first-order valence-corrected chi connectivity index (χ1v) is 14.6. The SMILES string of the molecule is C=C.C=Nc1ccncc1/C(C)=C\Cc1ccc(-c2ccc(CCCPI)cc2)cc1. The summed E-state index contributed by atoms with van der Waals surface area (Å²) in [7, 11) is 0. The second kappa shape index (κ2) is 14.1. The average Bonchev–Trinajstić information content (AvgIpc) is 2.84. The largest absolute Gasteiger partial charge is 0.264 e. The summed E-state index contributed by atoms with van der Waals surface area (Å²) in [5.41, 5.74) is 8.36. The van der Waals surface area contributed by atoms with Crippen LogP contribution in [-0.2, 0) is 12.8 Å². The van der Waals surface area contributed by atoms with E-state index in [-0.39, 0.29) is 0 Å². The van der Waals surface area contributed by atoms with Gasteiger partial charge in [0.05, 0.1) is 5.69 Å². The number of hydrogen-bond donors (Lipinski definition) is 0. The number of pyridine rings is 1. The highest BCUT2D eigenvalue weighted by Gasteiger charge is 2.03. The molecule has 0 N–H and O–H groups in total. The zero-order valence-corrected chi connectivity index (χ0v) is 21.3. The topological polar surface area (TPSA) is 25.2 Å². The third-order valence-electron chi connectivity index (χ3n) is 5.02. The van der Waals surface area contributed by atoms with Crippen LogP contribution < -0.4 is 0 Å². The molecule has 0 radical (unpaired) electrons. The molecule has 1 atom stereocenters. The fraction of sp³-hybridized carbons (Fsp3) is 0.185. The second-order valence-electron chi connectivity index (χ2n) is 7.02. The Bertz CT molecular complexity index is 979. The molecule has 0 bridgehead atoms. The lowest BCUT2D eigenvalue weighted by molar-refractivity contribution is 0.934. The Morgan fingerprint density at radius 2 is 1.61 bits per heavy atom. The maximum absolute atomic E-state index is 4.21. The van der Waals surface area contributed by atoms with Crippen molar-refractivity contribution in [1.82, 2.24) is 4.98 Å². The van der Waals surface area contributed by atoms with E-state index in [2.05, 4.69) is 113 Å². The summed E-state index contributed by atoms with van der Waals surface area (Å²) in [5, 5.41) is 0. The molecule has 0 aliphatic carbocycles. The lowest BCUT2D eigenvalue weighted by Gasteiger charge is -2.07. The van der Waals surface area contributed by atoms with Gasteiger partial charge in [-0.1, -0.05) is 82.9 Å². The molecule has 0 saturated carbocycles. The lowest BCUT2D eigenvalue weighted by atomic mass is 9.99. The van der Waals surface area contributed by atoms with E-state index >= 15 is 0 Å². The zero-order chi connectivity index (χ0) is 22.5. The first-order valence-electron chi connectivity index (χ1n) is 10.3. The Labute approximate surface area is 201 Å². The molecule has 0 saturated heterocycles. The van der Waals surface area contributed by atoms with Gasteiger partial charge in [-0.05, 0) is 73.0 Å². The van der Waals surface area contributed by atoms with Crippen LogP contribution in [0.4, 0.5) is 5.69 Å². The van der Waals surface area contributed by atoms with Crippen LogP contribution in [0.3, 0.4) is 0 Å². The van der Waals surface area contributed by atoms with Crippen LogP contribution in [0.25, 0.3) is 16.7 Å². The van der Waals surface area contributed by atoms with Gasteiger partial charge in [0, 0.05) is 18.0 Å². The Morgan fingerprint density at radius 3 is 2.19 bits per heavy atom. The molecule has 0 aliphatic heterocycles. The minimum absolute atomic E-state index is 0.877. The van der Waals surface area contributed by atoms with Crippen molar-refractivity contribution in [3.05, 3.63) is 103 Å². The first kappa shape index (κ1) is 25.2. The summed E-state index contributed by atoms with van der Waals surface area (Å²) in [6.07, 6.45) is 11.5. The van der Waals surface area contributed by atoms with Crippen molar-refractivity contribution in [2.24, 2.45) is 4.99 Å². The number of halogens is 1. The number of aryl methyl sites for hydroxylation is 1. The van der Waals surface area contributed by atoms with Crippen LogP contribution in [-0.4, -0.2) is 17.9 Å². The number of nitrogens with zero attached hydrogens (tertiary/aromatic N) is 2. The van der Waals surface area contributed by atoms with Crippen LogP contribution in [0.2, 0.25) is 0 Å². The molecule has 0 amide bonds. The monoisotopic (exact) mass is 540 g/mol. The van der Waals surface area contributed by atoms with Gasteiger partial charge in [0.1, 0.15) is 0 Å². The third-order valence-corrected chi connectivity index (χ3v) is 7.18. The molecule has 160 valence electrons. The van der Waals surface area contributed by atoms with Crippen molar-refractivity contribution in [3.63, 3.8) is 0 Å². The van der Waals surface area contributed by atoms with Crippen molar-refractivity contribution in [2.45, 2.75) is 26.2 Å². The van der Waals surface area contributed by atoms with Crippen molar-refractivity contribution in [1.29, 1.82) is 0 Å². The summed E-state index contributed by atoms with van der Waals surface area (Å²) in [5.74, 6) is 0. The highest BCUT2D eigenvalue weighted by Crippen LogP contribution is 2.26. The minimum atomic E-state index is 0.877. The van der Waals surface area contributed by atoms with Gasteiger partial charge >= 0.3 is 0 Å². The molecule has 0 fully saturated rings. The summed E-state index contributed by atoms with van der Waals surface area (Å²) in [6, 6.07) is 19.8. The molecule has 0 aliphatic rings. The number of allylic oxidation sites excluding steroid dienone is 2. The number of benzene rings is 2. The van der Waals surface area contributed by atoms with Crippen LogP contribution in [0.5, 0.6) is 0 Å². The quantitative estimate of drug-likeness (QED) is 0.0879. The summed E-state index contributed by atoms with van der Waals surface area (Å²) in [4.78, 5) is 8.30. The lowest BCUT2D eigenvalue weighted by Crippen LogP contribution is -1.88. The third kappa shape index (κ3) is 7.83. The van der Waals surface area contributed by atoms with Crippen LogP contribution >= 0.6 is 28.3 Å². The van der Waals surface area contributed by atoms with Crippen molar-refractivity contribution < 1.29 is 0 Å². The zero-order valence-electron chi connectivity index (χ0n) is 18.2. The van der Waals surface area contributed by atoms with Crippen molar-refractivity contribution in [3.8, 4) is 11.1 Å². The molecular formula is C27H30IN2P. The number of aromatic nitrogens is 1. The molecule has 31 heavy (non-hydrogen) atoms. The molecular weight excluding hydrogens is 510 g/mol. The van der Waals surface area contributed by atoms with Gasteiger partial charge in [0.25, 0.3) is 0 Å². The van der Waals surface area contributed by atoms with Crippen LogP contribution in [0.1, 0.15) is 30.0 Å². The van der Waals surface area contributed by atoms with Crippen LogP contribution in [0.15, 0.2) is 91.2 Å².